The maximum atomic E-state index is 13.1. The summed E-state index contributed by atoms with van der Waals surface area (Å²) in [6.45, 7) is 0.300. The van der Waals surface area contributed by atoms with Crippen molar-refractivity contribution in [3.05, 3.63) is 69.9 Å². The molecule has 3 nitrogen and oxygen atoms in total. The van der Waals surface area contributed by atoms with Gasteiger partial charge in [-0.15, -0.1) is 0 Å². The van der Waals surface area contributed by atoms with Gasteiger partial charge in [0.15, 0.2) is 0 Å². The molecule has 0 aliphatic heterocycles. The summed E-state index contributed by atoms with van der Waals surface area (Å²) in [5.41, 5.74) is 1.27. The van der Waals surface area contributed by atoms with E-state index in [9.17, 15) is 9.18 Å². The van der Waals surface area contributed by atoms with E-state index in [2.05, 4.69) is 15.9 Å². The molecule has 106 valence electrons. The van der Waals surface area contributed by atoms with Gasteiger partial charge in [0.1, 0.15) is 12.4 Å². The first-order valence-electron chi connectivity index (χ1n) is 6.27. The molecule has 0 fully saturated rings. The monoisotopic (exact) mass is 346 g/mol. The molecule has 0 spiro atoms. The Bertz CT molecular complexity index is 682. The van der Waals surface area contributed by atoms with Crippen molar-refractivity contribution in [2.24, 2.45) is 0 Å². The summed E-state index contributed by atoms with van der Waals surface area (Å²) in [4.78, 5) is 13.9. The number of hydrogen-bond donors (Lipinski definition) is 0. The van der Waals surface area contributed by atoms with Gasteiger partial charge >= 0.3 is 0 Å². The minimum Gasteiger partial charge on any atom is -0.321 e. The smallest absolute Gasteiger partial charge is 0.256 e. The van der Waals surface area contributed by atoms with E-state index < -0.39 is 5.82 Å². The Morgan fingerprint density at radius 2 is 1.95 bits per heavy atom. The van der Waals surface area contributed by atoms with Gasteiger partial charge in [-0.1, -0.05) is 30.3 Å². The molecule has 5 heteroatoms. The molecular formula is C16H12BrFN2O. The number of nitrogens with zero attached hydrogens (tertiary/aromatic N) is 2. The lowest BCUT2D eigenvalue weighted by atomic mass is 10.1. The van der Waals surface area contributed by atoms with Gasteiger partial charge in [-0.2, -0.15) is 5.26 Å². The second-order valence-corrected chi connectivity index (χ2v) is 5.28. The SMILES string of the molecule is N#CCN(Cc1ccccc1)C(=O)c1ccc(F)cc1Br. The first-order valence-corrected chi connectivity index (χ1v) is 7.06. The highest BCUT2D eigenvalue weighted by Gasteiger charge is 2.18. The Hall–Kier alpha value is -2.19. The topological polar surface area (TPSA) is 44.1 Å². The Kier molecular flexibility index (Phi) is 5.07. The van der Waals surface area contributed by atoms with Crippen molar-refractivity contribution in [3.63, 3.8) is 0 Å². The number of carbonyl (C=O) groups is 1. The first kappa shape index (κ1) is 15.2. The number of halogens is 2. The summed E-state index contributed by atoms with van der Waals surface area (Å²) >= 11 is 3.18. The van der Waals surface area contributed by atoms with Gasteiger partial charge in [-0.05, 0) is 39.7 Å². The number of benzene rings is 2. The van der Waals surface area contributed by atoms with Crippen LogP contribution >= 0.6 is 15.9 Å². The fourth-order valence-corrected chi connectivity index (χ4v) is 2.44. The van der Waals surface area contributed by atoms with E-state index >= 15 is 0 Å². The zero-order chi connectivity index (χ0) is 15.2. The predicted molar refractivity (Wildman–Crippen MR) is 80.9 cm³/mol. The summed E-state index contributed by atoms with van der Waals surface area (Å²) in [5.74, 6) is -0.736. The van der Waals surface area contributed by atoms with Crippen LogP contribution in [-0.4, -0.2) is 17.4 Å². The molecule has 2 rings (SSSR count). The molecule has 0 aromatic heterocycles. The van der Waals surface area contributed by atoms with Gasteiger partial charge in [0.2, 0.25) is 0 Å². The van der Waals surface area contributed by atoms with Crippen LogP contribution in [0, 0.1) is 17.1 Å². The first-order chi connectivity index (χ1) is 10.1. The molecule has 0 bridgehead atoms. The molecule has 0 unspecified atom stereocenters. The van der Waals surface area contributed by atoms with E-state index in [4.69, 9.17) is 5.26 Å². The summed E-state index contributed by atoms with van der Waals surface area (Å²) < 4.78 is 13.5. The summed E-state index contributed by atoms with van der Waals surface area (Å²) in [5, 5.41) is 8.91. The molecule has 0 N–H and O–H groups in total. The highest BCUT2D eigenvalue weighted by molar-refractivity contribution is 9.10. The van der Waals surface area contributed by atoms with Crippen LogP contribution < -0.4 is 0 Å². The lowest BCUT2D eigenvalue weighted by Crippen LogP contribution is -2.31. The lowest BCUT2D eigenvalue weighted by Gasteiger charge is -2.20. The van der Waals surface area contributed by atoms with Crippen LogP contribution in [0.5, 0.6) is 0 Å². The van der Waals surface area contributed by atoms with E-state index in [1.165, 1.54) is 23.1 Å². The molecule has 0 atom stereocenters. The number of hydrogen-bond acceptors (Lipinski definition) is 2. The van der Waals surface area contributed by atoms with Gasteiger partial charge in [-0.3, -0.25) is 4.79 Å². The van der Waals surface area contributed by atoms with Crippen molar-refractivity contribution in [1.82, 2.24) is 4.90 Å². The van der Waals surface area contributed by atoms with E-state index in [-0.39, 0.29) is 12.5 Å². The molecule has 2 aromatic rings. The fourth-order valence-electron chi connectivity index (χ4n) is 1.92. The van der Waals surface area contributed by atoms with Crippen LogP contribution in [-0.2, 0) is 6.54 Å². The van der Waals surface area contributed by atoms with Crippen LogP contribution in [0.1, 0.15) is 15.9 Å². The van der Waals surface area contributed by atoms with E-state index in [0.717, 1.165) is 5.56 Å². The molecular weight excluding hydrogens is 335 g/mol. The number of amides is 1. The van der Waals surface area contributed by atoms with Crippen LogP contribution in [0.25, 0.3) is 0 Å². The second-order valence-electron chi connectivity index (χ2n) is 4.43. The van der Waals surface area contributed by atoms with Crippen molar-refractivity contribution in [1.29, 1.82) is 5.26 Å². The third-order valence-electron chi connectivity index (χ3n) is 2.93. The minimum absolute atomic E-state index is 0.0302. The molecule has 0 heterocycles. The molecule has 0 aliphatic rings. The van der Waals surface area contributed by atoms with Crippen LogP contribution in [0.2, 0.25) is 0 Å². The molecule has 21 heavy (non-hydrogen) atoms. The van der Waals surface area contributed by atoms with Crippen molar-refractivity contribution >= 4 is 21.8 Å². The lowest BCUT2D eigenvalue weighted by molar-refractivity contribution is 0.0764. The molecule has 0 saturated heterocycles. The summed E-state index contributed by atoms with van der Waals surface area (Å²) in [6, 6.07) is 15.3. The Labute approximate surface area is 130 Å². The Morgan fingerprint density at radius 3 is 2.57 bits per heavy atom. The van der Waals surface area contributed by atoms with Gasteiger partial charge in [-0.25, -0.2) is 4.39 Å². The van der Waals surface area contributed by atoms with Crippen LogP contribution in [0.3, 0.4) is 0 Å². The molecule has 1 amide bonds. The average Bonchev–Trinajstić information content (AvgIpc) is 2.47. The van der Waals surface area contributed by atoms with E-state index in [1.54, 1.807) is 0 Å². The average molecular weight is 347 g/mol. The fraction of sp³-hybridized carbons (Fsp3) is 0.125. The van der Waals surface area contributed by atoms with Gasteiger partial charge in [0, 0.05) is 11.0 Å². The maximum Gasteiger partial charge on any atom is 0.256 e. The number of carbonyl (C=O) groups excluding carboxylic acids is 1. The molecule has 0 saturated carbocycles. The molecule has 2 aromatic carbocycles. The van der Waals surface area contributed by atoms with Crippen molar-refractivity contribution in [2.75, 3.05) is 6.54 Å². The minimum atomic E-state index is -0.423. The van der Waals surface area contributed by atoms with Gasteiger partial charge in [0.05, 0.1) is 11.6 Å². The van der Waals surface area contributed by atoms with Crippen molar-refractivity contribution < 1.29 is 9.18 Å². The van der Waals surface area contributed by atoms with E-state index in [1.807, 2.05) is 36.4 Å². The number of nitriles is 1. The van der Waals surface area contributed by atoms with Gasteiger partial charge in [0.25, 0.3) is 5.91 Å². The highest BCUT2D eigenvalue weighted by atomic mass is 79.9. The third kappa shape index (κ3) is 3.89. The highest BCUT2D eigenvalue weighted by Crippen LogP contribution is 2.20. The predicted octanol–water partition coefficient (Wildman–Crippen LogP) is 3.75. The van der Waals surface area contributed by atoms with Crippen LogP contribution in [0.15, 0.2) is 53.0 Å². The summed E-state index contributed by atoms with van der Waals surface area (Å²) in [7, 11) is 0. The Balaban J connectivity index is 2.25. The van der Waals surface area contributed by atoms with Crippen molar-refractivity contribution in [2.45, 2.75) is 6.54 Å². The quantitative estimate of drug-likeness (QED) is 0.791. The molecule has 0 radical (unpaired) electrons. The van der Waals surface area contributed by atoms with Gasteiger partial charge < -0.3 is 4.90 Å². The Morgan fingerprint density at radius 1 is 1.24 bits per heavy atom. The van der Waals surface area contributed by atoms with Crippen LogP contribution in [0.4, 0.5) is 4.39 Å². The third-order valence-corrected chi connectivity index (χ3v) is 3.58. The zero-order valence-corrected chi connectivity index (χ0v) is 12.7. The maximum absolute atomic E-state index is 13.1. The standard InChI is InChI=1S/C16H12BrFN2O/c17-15-10-13(18)6-7-14(15)16(21)20(9-8-19)11-12-4-2-1-3-5-12/h1-7,10H,9,11H2. The number of rotatable bonds is 4. The molecule has 0 aliphatic carbocycles. The normalized spacial score (nSPS) is 9.95. The largest absolute Gasteiger partial charge is 0.321 e. The van der Waals surface area contributed by atoms with Crippen molar-refractivity contribution in [3.8, 4) is 6.07 Å². The van der Waals surface area contributed by atoms with E-state index in [0.29, 0.717) is 16.6 Å². The zero-order valence-electron chi connectivity index (χ0n) is 11.1. The summed E-state index contributed by atoms with van der Waals surface area (Å²) in [6.07, 6.45) is 0. The second kappa shape index (κ2) is 7.00.